The Labute approximate surface area is 170 Å². The molecule has 0 heterocycles. The summed E-state index contributed by atoms with van der Waals surface area (Å²) in [6.45, 7) is 0. The van der Waals surface area contributed by atoms with Crippen molar-refractivity contribution in [3.63, 3.8) is 0 Å². The number of rotatable bonds is 6. The second-order valence-electron chi connectivity index (χ2n) is 6.34. The Balaban J connectivity index is 1.63. The first-order chi connectivity index (χ1) is 14.1. The Morgan fingerprint density at radius 2 is 1.55 bits per heavy atom. The van der Waals surface area contributed by atoms with E-state index in [1.807, 2.05) is 54.6 Å². The molecule has 146 valence electrons. The number of nitrogens with one attached hydrogen (secondary N) is 1. The lowest BCUT2D eigenvalue weighted by Crippen LogP contribution is -2.26. The topological polar surface area (TPSA) is 58.6 Å². The Hall–Kier alpha value is -3.86. The molecule has 2 amide bonds. The summed E-state index contributed by atoms with van der Waals surface area (Å²) in [5, 5.41) is 2.79. The van der Waals surface area contributed by atoms with E-state index in [-0.39, 0.29) is 11.8 Å². The van der Waals surface area contributed by atoms with Gasteiger partial charge in [0.25, 0.3) is 5.91 Å². The predicted octanol–water partition coefficient (Wildman–Crippen LogP) is 4.62. The standard InChI is InChI=1S/C24H22N2O3/c1-26(21-9-4-3-5-10-21)24(28)19-12-15-20(16-13-19)25-23(27)17-14-18-8-6-7-11-22(18)29-2/h3-17H,1-2H3,(H,25,27)/b17-14+. The van der Waals surface area contributed by atoms with E-state index < -0.39 is 0 Å². The second-order valence-corrected chi connectivity index (χ2v) is 6.34. The first-order valence-electron chi connectivity index (χ1n) is 9.14. The van der Waals surface area contributed by atoms with Gasteiger partial charge in [-0.2, -0.15) is 0 Å². The summed E-state index contributed by atoms with van der Waals surface area (Å²) in [6.07, 6.45) is 3.14. The monoisotopic (exact) mass is 386 g/mol. The molecule has 0 atom stereocenters. The van der Waals surface area contributed by atoms with Gasteiger partial charge in [0.2, 0.25) is 5.91 Å². The fourth-order valence-corrected chi connectivity index (χ4v) is 2.81. The summed E-state index contributed by atoms with van der Waals surface area (Å²) in [5.41, 5.74) is 2.78. The number of carbonyl (C=O) groups excluding carboxylic acids is 2. The third-order valence-electron chi connectivity index (χ3n) is 4.40. The zero-order valence-electron chi connectivity index (χ0n) is 16.3. The molecule has 0 fully saturated rings. The van der Waals surface area contributed by atoms with Crippen molar-refractivity contribution >= 4 is 29.3 Å². The van der Waals surface area contributed by atoms with Gasteiger partial charge in [-0.3, -0.25) is 9.59 Å². The predicted molar refractivity (Wildman–Crippen MR) is 116 cm³/mol. The van der Waals surface area contributed by atoms with E-state index in [9.17, 15) is 9.59 Å². The van der Waals surface area contributed by atoms with Crippen molar-refractivity contribution in [2.24, 2.45) is 0 Å². The van der Waals surface area contributed by atoms with Crippen molar-refractivity contribution < 1.29 is 14.3 Å². The van der Waals surface area contributed by atoms with Crippen molar-refractivity contribution in [1.82, 2.24) is 0 Å². The van der Waals surface area contributed by atoms with Gasteiger partial charge in [-0.15, -0.1) is 0 Å². The van der Waals surface area contributed by atoms with E-state index in [4.69, 9.17) is 4.74 Å². The summed E-state index contributed by atoms with van der Waals surface area (Å²) < 4.78 is 5.26. The minimum Gasteiger partial charge on any atom is -0.496 e. The highest BCUT2D eigenvalue weighted by Crippen LogP contribution is 2.19. The molecular formula is C24H22N2O3. The molecule has 1 N–H and O–H groups in total. The summed E-state index contributed by atoms with van der Waals surface area (Å²) >= 11 is 0. The van der Waals surface area contributed by atoms with Gasteiger partial charge in [-0.05, 0) is 48.5 Å². The lowest BCUT2D eigenvalue weighted by atomic mass is 10.1. The Kier molecular flexibility index (Phi) is 6.43. The van der Waals surface area contributed by atoms with Crippen LogP contribution in [-0.2, 0) is 4.79 Å². The van der Waals surface area contributed by atoms with Gasteiger partial charge >= 0.3 is 0 Å². The van der Waals surface area contributed by atoms with Gasteiger partial charge in [-0.25, -0.2) is 0 Å². The average Bonchev–Trinajstić information content (AvgIpc) is 2.78. The van der Waals surface area contributed by atoms with Crippen LogP contribution in [0.25, 0.3) is 6.08 Å². The minimum absolute atomic E-state index is 0.120. The fraction of sp³-hybridized carbons (Fsp3) is 0.0833. The number of hydrogen-bond donors (Lipinski definition) is 1. The third-order valence-corrected chi connectivity index (χ3v) is 4.40. The SMILES string of the molecule is COc1ccccc1/C=C/C(=O)Nc1ccc(C(=O)N(C)c2ccccc2)cc1. The number of nitrogens with zero attached hydrogens (tertiary/aromatic N) is 1. The van der Waals surface area contributed by atoms with Crippen molar-refractivity contribution in [3.8, 4) is 5.75 Å². The van der Waals surface area contributed by atoms with E-state index in [1.165, 1.54) is 6.08 Å². The van der Waals surface area contributed by atoms with Gasteiger partial charge in [0.15, 0.2) is 0 Å². The van der Waals surface area contributed by atoms with E-state index in [0.717, 1.165) is 11.3 Å². The summed E-state index contributed by atoms with van der Waals surface area (Å²) in [4.78, 5) is 26.4. The normalized spacial score (nSPS) is 10.6. The van der Waals surface area contributed by atoms with E-state index in [0.29, 0.717) is 17.0 Å². The highest BCUT2D eigenvalue weighted by molar-refractivity contribution is 6.06. The molecule has 0 bridgehead atoms. The number of anilines is 2. The molecule has 5 heteroatoms. The van der Waals surface area contributed by atoms with Crippen LogP contribution in [0.5, 0.6) is 5.75 Å². The van der Waals surface area contributed by atoms with Crippen LogP contribution in [0.15, 0.2) is 84.9 Å². The molecule has 5 nitrogen and oxygen atoms in total. The Morgan fingerprint density at radius 1 is 0.897 bits per heavy atom. The zero-order valence-corrected chi connectivity index (χ0v) is 16.3. The summed E-state index contributed by atoms with van der Waals surface area (Å²) in [5.74, 6) is 0.309. The molecule has 0 aliphatic heterocycles. The van der Waals surface area contributed by atoms with Crippen LogP contribution < -0.4 is 15.0 Å². The molecule has 3 rings (SSSR count). The van der Waals surface area contributed by atoms with E-state index >= 15 is 0 Å². The van der Waals surface area contributed by atoms with Gasteiger partial charge in [0.05, 0.1) is 7.11 Å². The van der Waals surface area contributed by atoms with Crippen molar-refractivity contribution in [3.05, 3.63) is 96.1 Å². The lowest BCUT2D eigenvalue weighted by molar-refractivity contribution is -0.111. The van der Waals surface area contributed by atoms with Gasteiger partial charge in [0.1, 0.15) is 5.75 Å². The number of methoxy groups -OCH3 is 1. The van der Waals surface area contributed by atoms with Crippen LogP contribution in [0.4, 0.5) is 11.4 Å². The highest BCUT2D eigenvalue weighted by Gasteiger charge is 2.13. The molecule has 0 saturated heterocycles. The molecule has 0 saturated carbocycles. The molecule has 0 aromatic heterocycles. The first-order valence-corrected chi connectivity index (χ1v) is 9.14. The molecule has 3 aromatic carbocycles. The van der Waals surface area contributed by atoms with Crippen LogP contribution in [0.2, 0.25) is 0 Å². The maximum absolute atomic E-state index is 12.6. The maximum atomic E-state index is 12.6. The number of amides is 2. The second kappa shape index (κ2) is 9.37. The number of para-hydroxylation sites is 2. The van der Waals surface area contributed by atoms with Crippen LogP contribution >= 0.6 is 0 Å². The molecular weight excluding hydrogens is 364 g/mol. The molecule has 3 aromatic rings. The van der Waals surface area contributed by atoms with Crippen molar-refractivity contribution in [2.45, 2.75) is 0 Å². The Bertz CT molecular complexity index is 1010. The third kappa shape index (κ3) is 5.11. The van der Waals surface area contributed by atoms with E-state index in [2.05, 4.69) is 5.32 Å². The maximum Gasteiger partial charge on any atom is 0.258 e. The molecule has 29 heavy (non-hydrogen) atoms. The first kappa shape index (κ1) is 19.9. The number of ether oxygens (including phenoxy) is 1. The highest BCUT2D eigenvalue weighted by atomic mass is 16.5. The van der Waals surface area contributed by atoms with Gasteiger partial charge in [-0.1, -0.05) is 36.4 Å². The molecule has 0 aliphatic rings. The molecule has 0 aliphatic carbocycles. The van der Waals surface area contributed by atoms with Crippen LogP contribution in [0.1, 0.15) is 15.9 Å². The molecule has 0 unspecified atom stereocenters. The van der Waals surface area contributed by atoms with E-state index in [1.54, 1.807) is 49.4 Å². The molecule has 0 spiro atoms. The van der Waals surface area contributed by atoms with Crippen molar-refractivity contribution in [1.29, 1.82) is 0 Å². The largest absolute Gasteiger partial charge is 0.496 e. The van der Waals surface area contributed by atoms with Crippen LogP contribution in [-0.4, -0.2) is 26.0 Å². The lowest BCUT2D eigenvalue weighted by Gasteiger charge is -2.17. The number of carbonyl (C=O) groups is 2. The zero-order chi connectivity index (χ0) is 20.6. The minimum atomic E-state index is -0.267. The Morgan fingerprint density at radius 3 is 2.24 bits per heavy atom. The quantitative estimate of drug-likeness (QED) is 0.629. The van der Waals surface area contributed by atoms with Gasteiger partial charge < -0.3 is 15.0 Å². The van der Waals surface area contributed by atoms with Crippen LogP contribution in [0, 0.1) is 0 Å². The average molecular weight is 386 g/mol. The summed E-state index contributed by atoms with van der Waals surface area (Å²) in [7, 11) is 3.32. The number of benzene rings is 3. The fourth-order valence-electron chi connectivity index (χ4n) is 2.81. The van der Waals surface area contributed by atoms with Gasteiger partial charge in [0, 0.05) is 35.6 Å². The van der Waals surface area contributed by atoms with Crippen LogP contribution in [0.3, 0.4) is 0 Å². The number of hydrogen-bond acceptors (Lipinski definition) is 3. The smallest absolute Gasteiger partial charge is 0.258 e. The van der Waals surface area contributed by atoms with Crippen molar-refractivity contribution in [2.75, 3.05) is 24.4 Å². The molecule has 0 radical (unpaired) electrons. The summed E-state index contributed by atoms with van der Waals surface area (Å²) in [6, 6.07) is 23.7.